The normalized spacial score (nSPS) is 17.0. The monoisotopic (exact) mass is 351 g/mol. The van der Waals surface area contributed by atoms with Gasteiger partial charge < -0.3 is 16.0 Å². The van der Waals surface area contributed by atoms with E-state index in [9.17, 15) is 9.59 Å². The van der Waals surface area contributed by atoms with Gasteiger partial charge in [0, 0.05) is 18.2 Å². The molecule has 0 radical (unpaired) electrons. The summed E-state index contributed by atoms with van der Waals surface area (Å²) in [6, 6.07) is 4.72. The van der Waals surface area contributed by atoms with Crippen molar-refractivity contribution in [2.75, 3.05) is 19.6 Å². The maximum Gasteiger partial charge on any atom is 0.251 e. The first-order valence-electron chi connectivity index (χ1n) is 6.29. The zero-order valence-corrected chi connectivity index (χ0v) is 13.4. The molecule has 21 heavy (non-hydrogen) atoms. The van der Waals surface area contributed by atoms with E-state index in [1.54, 1.807) is 12.1 Å². The molecule has 1 aromatic rings. The highest BCUT2D eigenvalue weighted by atomic mass is 35.5. The van der Waals surface area contributed by atoms with E-state index in [1.807, 2.05) is 0 Å². The summed E-state index contributed by atoms with van der Waals surface area (Å²) in [4.78, 5) is 23.5. The lowest BCUT2D eigenvalue weighted by Gasteiger charge is -2.12. The van der Waals surface area contributed by atoms with E-state index in [1.165, 1.54) is 6.07 Å². The fourth-order valence-electron chi connectivity index (χ4n) is 1.96. The summed E-state index contributed by atoms with van der Waals surface area (Å²) in [5.41, 5.74) is 0.370. The van der Waals surface area contributed by atoms with Crippen molar-refractivity contribution in [3.63, 3.8) is 0 Å². The molecule has 116 valence electrons. The van der Waals surface area contributed by atoms with E-state index in [-0.39, 0.29) is 36.8 Å². The van der Waals surface area contributed by atoms with E-state index in [2.05, 4.69) is 16.0 Å². The molecule has 1 aliphatic rings. The van der Waals surface area contributed by atoms with Gasteiger partial charge in [-0.15, -0.1) is 12.4 Å². The molecule has 1 aromatic carbocycles. The molecule has 0 aliphatic carbocycles. The highest BCUT2D eigenvalue weighted by molar-refractivity contribution is 6.42. The van der Waals surface area contributed by atoms with Crippen molar-refractivity contribution in [2.45, 2.75) is 12.5 Å². The van der Waals surface area contributed by atoms with Gasteiger partial charge in [0.15, 0.2) is 0 Å². The molecular weight excluding hydrogens is 337 g/mol. The Morgan fingerprint density at radius 1 is 1.29 bits per heavy atom. The number of benzene rings is 1. The predicted octanol–water partition coefficient (Wildman–Crippen LogP) is 1.62. The van der Waals surface area contributed by atoms with Crippen LogP contribution in [0.15, 0.2) is 18.2 Å². The first kappa shape index (κ1) is 18.0. The van der Waals surface area contributed by atoms with Crippen LogP contribution in [-0.2, 0) is 4.79 Å². The molecule has 0 saturated carbocycles. The van der Waals surface area contributed by atoms with Gasteiger partial charge in [0.2, 0.25) is 5.91 Å². The van der Waals surface area contributed by atoms with E-state index in [0.717, 1.165) is 19.5 Å². The molecule has 2 amide bonds. The molecule has 1 unspecified atom stereocenters. The van der Waals surface area contributed by atoms with Crippen LogP contribution in [-0.4, -0.2) is 37.5 Å². The summed E-state index contributed by atoms with van der Waals surface area (Å²) >= 11 is 11.6. The Labute approximate surface area is 139 Å². The first-order chi connectivity index (χ1) is 9.56. The highest BCUT2D eigenvalue weighted by Crippen LogP contribution is 2.22. The van der Waals surface area contributed by atoms with Gasteiger partial charge in [-0.05, 0) is 31.2 Å². The minimum atomic E-state index is -0.358. The standard InChI is InChI=1S/C13H15Cl2N3O2.ClH/c14-10-2-1-8(5-11(10)15)13(20)17-7-12(19)18-9-3-4-16-6-9;/h1-2,5,9,16H,3-4,6-7H2,(H,17,20)(H,18,19);1H. The minimum absolute atomic E-state index is 0. The number of amides is 2. The molecular formula is C13H16Cl3N3O2. The van der Waals surface area contributed by atoms with Crippen LogP contribution in [0, 0.1) is 0 Å². The number of carbonyl (C=O) groups excluding carboxylic acids is 2. The Bertz CT molecular complexity index is 519. The second-order valence-corrected chi connectivity index (χ2v) is 5.38. The molecule has 1 atom stereocenters. The van der Waals surface area contributed by atoms with Gasteiger partial charge in [-0.1, -0.05) is 23.2 Å². The van der Waals surface area contributed by atoms with Crippen molar-refractivity contribution in [3.05, 3.63) is 33.8 Å². The van der Waals surface area contributed by atoms with Crippen molar-refractivity contribution in [1.29, 1.82) is 0 Å². The second-order valence-electron chi connectivity index (χ2n) is 4.57. The summed E-state index contributed by atoms with van der Waals surface area (Å²) in [7, 11) is 0. The predicted molar refractivity (Wildman–Crippen MR) is 85.5 cm³/mol. The van der Waals surface area contributed by atoms with E-state index in [0.29, 0.717) is 15.6 Å². The van der Waals surface area contributed by atoms with Crippen LogP contribution in [0.2, 0.25) is 10.0 Å². The molecule has 0 bridgehead atoms. The third kappa shape index (κ3) is 5.36. The average Bonchev–Trinajstić information content (AvgIpc) is 2.92. The lowest BCUT2D eigenvalue weighted by atomic mass is 10.2. The van der Waals surface area contributed by atoms with Crippen molar-refractivity contribution < 1.29 is 9.59 Å². The Kier molecular flexibility index (Phi) is 7.25. The third-order valence-electron chi connectivity index (χ3n) is 3.02. The van der Waals surface area contributed by atoms with Crippen LogP contribution in [0.25, 0.3) is 0 Å². The van der Waals surface area contributed by atoms with Crippen LogP contribution < -0.4 is 16.0 Å². The van der Waals surface area contributed by atoms with Crippen molar-refractivity contribution >= 4 is 47.4 Å². The second kappa shape index (κ2) is 8.44. The number of nitrogens with one attached hydrogen (secondary N) is 3. The Balaban J connectivity index is 0.00000220. The van der Waals surface area contributed by atoms with Gasteiger partial charge in [-0.3, -0.25) is 9.59 Å². The summed E-state index contributed by atoms with van der Waals surface area (Å²) in [6.07, 6.45) is 0.909. The topological polar surface area (TPSA) is 70.2 Å². The van der Waals surface area contributed by atoms with Crippen LogP contribution in [0.3, 0.4) is 0 Å². The van der Waals surface area contributed by atoms with Crippen molar-refractivity contribution in [2.24, 2.45) is 0 Å². The molecule has 8 heteroatoms. The van der Waals surface area contributed by atoms with Crippen LogP contribution in [0.1, 0.15) is 16.8 Å². The van der Waals surface area contributed by atoms with Crippen LogP contribution in [0.5, 0.6) is 0 Å². The van der Waals surface area contributed by atoms with E-state index in [4.69, 9.17) is 23.2 Å². The van der Waals surface area contributed by atoms with Crippen molar-refractivity contribution in [1.82, 2.24) is 16.0 Å². The van der Waals surface area contributed by atoms with Gasteiger partial charge in [-0.25, -0.2) is 0 Å². The Hall–Kier alpha value is -1.01. The van der Waals surface area contributed by atoms with E-state index >= 15 is 0 Å². The largest absolute Gasteiger partial charge is 0.351 e. The molecule has 0 spiro atoms. The third-order valence-corrected chi connectivity index (χ3v) is 3.76. The summed E-state index contributed by atoms with van der Waals surface area (Å²) in [6.45, 7) is 1.61. The number of hydrogen-bond acceptors (Lipinski definition) is 3. The number of carbonyl (C=O) groups is 2. The Morgan fingerprint density at radius 3 is 2.67 bits per heavy atom. The maximum atomic E-state index is 11.8. The van der Waals surface area contributed by atoms with Crippen molar-refractivity contribution in [3.8, 4) is 0 Å². The molecule has 1 saturated heterocycles. The molecule has 3 N–H and O–H groups in total. The molecule has 1 fully saturated rings. The summed E-state index contributed by atoms with van der Waals surface area (Å²) in [5.74, 6) is -0.560. The molecule has 0 aromatic heterocycles. The summed E-state index contributed by atoms with van der Waals surface area (Å²) < 4.78 is 0. The lowest BCUT2D eigenvalue weighted by molar-refractivity contribution is -0.120. The highest BCUT2D eigenvalue weighted by Gasteiger charge is 2.17. The molecule has 1 aliphatic heterocycles. The number of hydrogen-bond donors (Lipinski definition) is 3. The molecule has 1 heterocycles. The quantitative estimate of drug-likeness (QED) is 0.771. The van der Waals surface area contributed by atoms with Crippen LogP contribution in [0.4, 0.5) is 0 Å². The minimum Gasteiger partial charge on any atom is -0.351 e. The number of halogens is 3. The number of rotatable bonds is 4. The van der Waals surface area contributed by atoms with Gasteiger partial charge in [-0.2, -0.15) is 0 Å². The van der Waals surface area contributed by atoms with Crippen LogP contribution >= 0.6 is 35.6 Å². The van der Waals surface area contributed by atoms with Gasteiger partial charge in [0.1, 0.15) is 0 Å². The molecule has 2 rings (SSSR count). The maximum absolute atomic E-state index is 11.8. The first-order valence-corrected chi connectivity index (χ1v) is 7.05. The fourth-order valence-corrected chi connectivity index (χ4v) is 2.25. The average molecular weight is 353 g/mol. The lowest BCUT2D eigenvalue weighted by Crippen LogP contribution is -2.42. The smallest absolute Gasteiger partial charge is 0.251 e. The SMILES string of the molecule is Cl.O=C(CNC(=O)c1ccc(Cl)c(Cl)c1)NC1CCNC1. The summed E-state index contributed by atoms with van der Waals surface area (Å²) in [5, 5.41) is 9.23. The fraction of sp³-hybridized carbons (Fsp3) is 0.385. The van der Waals surface area contributed by atoms with Gasteiger partial charge >= 0.3 is 0 Å². The molecule has 5 nitrogen and oxygen atoms in total. The van der Waals surface area contributed by atoms with E-state index < -0.39 is 0 Å². The zero-order chi connectivity index (χ0) is 14.5. The Morgan fingerprint density at radius 2 is 2.05 bits per heavy atom. The zero-order valence-electron chi connectivity index (χ0n) is 11.1. The van der Waals surface area contributed by atoms with Gasteiger partial charge in [0.05, 0.1) is 16.6 Å². The van der Waals surface area contributed by atoms with Gasteiger partial charge in [0.25, 0.3) is 5.91 Å².